The van der Waals surface area contributed by atoms with Gasteiger partial charge in [0, 0.05) is 31.7 Å². The van der Waals surface area contributed by atoms with Gasteiger partial charge in [-0.2, -0.15) is 0 Å². The Morgan fingerprint density at radius 3 is 2.38 bits per heavy atom. The number of hydrogen-bond acceptors (Lipinski definition) is 3. The van der Waals surface area contributed by atoms with Crippen molar-refractivity contribution in [3.8, 4) is 0 Å². The van der Waals surface area contributed by atoms with Crippen LogP contribution in [0.5, 0.6) is 0 Å². The van der Waals surface area contributed by atoms with Crippen molar-refractivity contribution in [1.82, 2.24) is 15.1 Å². The first-order valence-electron chi connectivity index (χ1n) is 9.23. The standard InChI is InChI=1S/C19H26FN3O/c20-17-4-2-1-3-16(17)19(24)23-11-7-15(8-12-23)21-18-13-22-9-5-14(18)6-10-22/h1-4,14-15,18,21H,5-13H2/t18-/m0/s1. The van der Waals surface area contributed by atoms with Gasteiger partial charge in [-0.05, 0) is 56.8 Å². The van der Waals surface area contributed by atoms with Crippen LogP contribution in [-0.4, -0.2) is 60.5 Å². The maximum atomic E-state index is 13.8. The Hall–Kier alpha value is -1.46. The summed E-state index contributed by atoms with van der Waals surface area (Å²) in [7, 11) is 0. The molecule has 0 radical (unpaired) electrons. The minimum atomic E-state index is -0.421. The first-order valence-corrected chi connectivity index (χ1v) is 9.23. The average molecular weight is 331 g/mol. The Morgan fingerprint density at radius 1 is 1.04 bits per heavy atom. The molecule has 1 amide bonds. The van der Waals surface area contributed by atoms with Crippen LogP contribution in [0.15, 0.2) is 24.3 Å². The molecule has 0 unspecified atom stereocenters. The van der Waals surface area contributed by atoms with E-state index in [4.69, 9.17) is 0 Å². The lowest BCUT2D eigenvalue weighted by molar-refractivity contribution is 0.0550. The second-order valence-electron chi connectivity index (χ2n) is 7.46. The molecule has 0 aliphatic carbocycles. The van der Waals surface area contributed by atoms with Crippen LogP contribution in [0.1, 0.15) is 36.0 Å². The van der Waals surface area contributed by atoms with Crippen LogP contribution in [0.3, 0.4) is 0 Å². The maximum Gasteiger partial charge on any atom is 0.256 e. The van der Waals surface area contributed by atoms with E-state index in [1.165, 1.54) is 38.5 Å². The van der Waals surface area contributed by atoms with Crippen LogP contribution in [0.4, 0.5) is 4.39 Å². The summed E-state index contributed by atoms with van der Waals surface area (Å²) < 4.78 is 13.8. The Morgan fingerprint density at radius 2 is 1.75 bits per heavy atom. The van der Waals surface area contributed by atoms with E-state index in [1.807, 2.05) is 0 Å². The highest BCUT2D eigenvalue weighted by molar-refractivity contribution is 5.94. The molecule has 4 aliphatic rings. The van der Waals surface area contributed by atoms with Gasteiger partial charge < -0.3 is 15.1 Å². The van der Waals surface area contributed by atoms with Crippen molar-refractivity contribution in [3.63, 3.8) is 0 Å². The molecule has 0 spiro atoms. The maximum absolute atomic E-state index is 13.8. The topological polar surface area (TPSA) is 35.6 Å². The number of fused-ring (bicyclic) bond motifs is 3. The van der Waals surface area contributed by atoms with E-state index in [2.05, 4.69) is 10.2 Å². The molecular formula is C19H26FN3O. The first-order chi connectivity index (χ1) is 11.7. The number of carbonyl (C=O) groups is 1. The van der Waals surface area contributed by atoms with Crippen molar-refractivity contribution >= 4 is 5.91 Å². The third-order valence-corrected chi connectivity index (χ3v) is 5.99. The van der Waals surface area contributed by atoms with Gasteiger partial charge in [0.25, 0.3) is 5.91 Å². The number of benzene rings is 1. The van der Waals surface area contributed by atoms with E-state index in [-0.39, 0.29) is 11.5 Å². The van der Waals surface area contributed by atoms with Gasteiger partial charge in [0.05, 0.1) is 5.56 Å². The zero-order valence-corrected chi connectivity index (χ0v) is 14.1. The van der Waals surface area contributed by atoms with E-state index in [1.54, 1.807) is 23.1 Å². The summed E-state index contributed by atoms with van der Waals surface area (Å²) in [6, 6.07) is 7.38. The van der Waals surface area contributed by atoms with E-state index in [9.17, 15) is 9.18 Å². The molecule has 4 nitrogen and oxygen atoms in total. The van der Waals surface area contributed by atoms with E-state index in [0.717, 1.165) is 18.8 Å². The lowest BCUT2D eigenvalue weighted by Gasteiger charge is -2.47. The fraction of sp³-hybridized carbons (Fsp3) is 0.632. The highest BCUT2D eigenvalue weighted by Crippen LogP contribution is 2.28. The van der Waals surface area contributed by atoms with E-state index in [0.29, 0.717) is 25.2 Å². The highest BCUT2D eigenvalue weighted by atomic mass is 19.1. The lowest BCUT2D eigenvalue weighted by atomic mass is 9.83. The number of likely N-dealkylation sites (tertiary alicyclic amines) is 1. The molecule has 130 valence electrons. The zero-order chi connectivity index (χ0) is 16.5. The van der Waals surface area contributed by atoms with Crippen molar-refractivity contribution in [2.45, 2.75) is 37.8 Å². The Labute approximate surface area is 143 Å². The minimum absolute atomic E-state index is 0.172. The quantitative estimate of drug-likeness (QED) is 0.921. The molecule has 1 aromatic carbocycles. The number of nitrogens with zero attached hydrogens (tertiary/aromatic N) is 2. The van der Waals surface area contributed by atoms with Gasteiger partial charge >= 0.3 is 0 Å². The smallest absolute Gasteiger partial charge is 0.256 e. The highest BCUT2D eigenvalue weighted by Gasteiger charge is 2.35. The molecular weight excluding hydrogens is 305 g/mol. The third-order valence-electron chi connectivity index (χ3n) is 5.99. The second-order valence-corrected chi connectivity index (χ2v) is 7.46. The molecule has 4 fully saturated rings. The van der Waals surface area contributed by atoms with Gasteiger partial charge in [-0.1, -0.05) is 12.1 Å². The fourth-order valence-electron chi connectivity index (χ4n) is 4.51. The summed E-state index contributed by atoms with van der Waals surface area (Å²) in [5, 5.41) is 3.85. The lowest BCUT2D eigenvalue weighted by Crippen LogP contribution is -2.59. The number of amides is 1. The van der Waals surface area contributed by atoms with Crippen molar-refractivity contribution in [2.75, 3.05) is 32.7 Å². The normalized spacial score (nSPS) is 30.5. The van der Waals surface area contributed by atoms with Crippen molar-refractivity contribution < 1.29 is 9.18 Å². The first kappa shape index (κ1) is 16.0. The molecule has 0 saturated carbocycles. The van der Waals surface area contributed by atoms with Gasteiger partial charge in [-0.25, -0.2) is 4.39 Å². The monoisotopic (exact) mass is 331 g/mol. The zero-order valence-electron chi connectivity index (χ0n) is 14.1. The molecule has 4 aliphatic heterocycles. The summed E-state index contributed by atoms with van der Waals surface area (Å²) in [6.45, 7) is 5.13. The van der Waals surface area contributed by atoms with Crippen LogP contribution in [-0.2, 0) is 0 Å². The molecule has 1 atom stereocenters. The number of carbonyl (C=O) groups excluding carboxylic acids is 1. The Balaban J connectivity index is 1.31. The van der Waals surface area contributed by atoms with Gasteiger partial charge in [0.2, 0.25) is 0 Å². The predicted octanol–water partition coefficient (Wildman–Crippen LogP) is 2.11. The average Bonchev–Trinajstić information content (AvgIpc) is 2.63. The Bertz CT molecular complexity index is 592. The Kier molecular flexibility index (Phi) is 4.55. The van der Waals surface area contributed by atoms with Gasteiger partial charge in [0.15, 0.2) is 0 Å². The van der Waals surface area contributed by atoms with Crippen LogP contribution >= 0.6 is 0 Å². The van der Waals surface area contributed by atoms with Crippen molar-refractivity contribution in [2.24, 2.45) is 5.92 Å². The molecule has 5 rings (SSSR count). The largest absolute Gasteiger partial charge is 0.338 e. The van der Waals surface area contributed by atoms with Gasteiger partial charge in [0.1, 0.15) is 5.82 Å². The van der Waals surface area contributed by atoms with Crippen LogP contribution in [0.25, 0.3) is 0 Å². The molecule has 4 heterocycles. The fourth-order valence-corrected chi connectivity index (χ4v) is 4.51. The molecule has 5 heteroatoms. The molecule has 1 aromatic rings. The van der Waals surface area contributed by atoms with Crippen LogP contribution < -0.4 is 5.32 Å². The summed E-state index contributed by atoms with van der Waals surface area (Å²) >= 11 is 0. The van der Waals surface area contributed by atoms with Crippen LogP contribution in [0.2, 0.25) is 0 Å². The SMILES string of the molecule is O=C(c1ccccc1F)N1CCC(N[C@H]2CN3CCC2CC3)CC1. The summed E-state index contributed by atoms with van der Waals surface area (Å²) in [5.74, 6) is 0.234. The third kappa shape index (κ3) is 3.20. The van der Waals surface area contributed by atoms with Gasteiger partial charge in [-0.15, -0.1) is 0 Å². The molecule has 2 bridgehead atoms. The summed E-state index contributed by atoms with van der Waals surface area (Å²) in [4.78, 5) is 16.8. The minimum Gasteiger partial charge on any atom is -0.338 e. The van der Waals surface area contributed by atoms with Gasteiger partial charge in [-0.3, -0.25) is 4.79 Å². The number of piperidine rings is 4. The number of rotatable bonds is 3. The number of hydrogen-bond donors (Lipinski definition) is 1. The van der Waals surface area contributed by atoms with E-state index >= 15 is 0 Å². The summed E-state index contributed by atoms with van der Waals surface area (Å²) in [6.07, 6.45) is 4.57. The van der Waals surface area contributed by atoms with Crippen molar-refractivity contribution in [1.29, 1.82) is 0 Å². The summed E-state index contributed by atoms with van der Waals surface area (Å²) in [5.41, 5.74) is 0.196. The molecule has 24 heavy (non-hydrogen) atoms. The second kappa shape index (κ2) is 6.81. The molecule has 1 N–H and O–H groups in total. The number of nitrogens with one attached hydrogen (secondary N) is 1. The molecule has 0 aromatic heterocycles. The molecule has 4 saturated heterocycles. The predicted molar refractivity (Wildman–Crippen MR) is 91.4 cm³/mol. The van der Waals surface area contributed by atoms with Crippen molar-refractivity contribution in [3.05, 3.63) is 35.6 Å². The van der Waals surface area contributed by atoms with E-state index < -0.39 is 5.82 Å². The number of halogens is 1. The van der Waals surface area contributed by atoms with Crippen LogP contribution in [0, 0.1) is 11.7 Å².